The minimum Gasteiger partial charge on any atom is -0.463 e. The number of hydrogen-bond acceptors (Lipinski definition) is 4. The predicted molar refractivity (Wildman–Crippen MR) is 102 cm³/mol. The molecule has 0 saturated heterocycles. The van der Waals surface area contributed by atoms with Crippen LogP contribution in [0.1, 0.15) is 18.9 Å². The van der Waals surface area contributed by atoms with Gasteiger partial charge in [0.15, 0.2) is 0 Å². The third-order valence-corrected chi connectivity index (χ3v) is 4.52. The number of fused-ring (bicyclic) bond motifs is 1. The van der Waals surface area contributed by atoms with E-state index in [-0.39, 0.29) is 12.4 Å². The van der Waals surface area contributed by atoms with E-state index in [4.69, 9.17) is 33.7 Å². The number of benzene rings is 2. The van der Waals surface area contributed by atoms with Crippen LogP contribution < -0.4 is 5.73 Å². The van der Waals surface area contributed by atoms with Crippen LogP contribution in [-0.2, 0) is 9.53 Å². The molecule has 25 heavy (non-hydrogen) atoms. The lowest BCUT2D eigenvalue weighted by molar-refractivity contribution is -0.138. The Bertz CT molecular complexity index is 904. The zero-order chi connectivity index (χ0) is 18.0. The average Bonchev–Trinajstić information content (AvgIpc) is 2.75. The van der Waals surface area contributed by atoms with Crippen molar-refractivity contribution >= 4 is 46.8 Å². The van der Waals surface area contributed by atoms with Gasteiger partial charge >= 0.3 is 5.97 Å². The van der Waals surface area contributed by atoms with Crippen LogP contribution in [0, 0.1) is 0 Å². The fourth-order valence-electron chi connectivity index (χ4n) is 2.61. The Morgan fingerprint density at radius 1 is 1.16 bits per heavy atom. The zero-order valence-electron chi connectivity index (χ0n) is 13.6. The molecule has 1 aliphatic heterocycles. The second kappa shape index (κ2) is 7.30. The molecular weight excluding hydrogens is 359 g/mol. The summed E-state index contributed by atoms with van der Waals surface area (Å²) in [7, 11) is 0. The number of ether oxygens (including phenoxy) is 1. The van der Waals surface area contributed by atoms with Crippen molar-refractivity contribution in [1.29, 1.82) is 0 Å². The predicted octanol–water partition coefficient (Wildman–Crippen LogP) is 5.00. The van der Waals surface area contributed by atoms with Gasteiger partial charge in [-0.25, -0.2) is 9.79 Å². The first-order valence-corrected chi connectivity index (χ1v) is 8.53. The molecule has 6 heteroatoms. The van der Waals surface area contributed by atoms with E-state index < -0.39 is 0 Å². The van der Waals surface area contributed by atoms with Crippen molar-refractivity contribution in [3.63, 3.8) is 0 Å². The molecule has 0 unspecified atom stereocenters. The molecular formula is C19H16Cl2N2O2. The Morgan fingerprint density at radius 3 is 2.60 bits per heavy atom. The quantitative estimate of drug-likeness (QED) is 0.768. The van der Waals surface area contributed by atoms with Gasteiger partial charge in [0.2, 0.25) is 0 Å². The summed E-state index contributed by atoms with van der Waals surface area (Å²) < 4.78 is 5.09. The standard InChI is InChI=1S/C19H16Cl2N2O2/c1-2-25-19(24)14-8-13-7-11(4-6-17(13)23-18(22)10-14)12-3-5-15(20)16(21)9-12/h3-9H,2,10H2,1H3,(H2,22,23). The van der Waals surface area contributed by atoms with E-state index in [1.807, 2.05) is 24.3 Å². The van der Waals surface area contributed by atoms with Gasteiger partial charge in [-0.15, -0.1) is 0 Å². The second-order valence-electron chi connectivity index (χ2n) is 5.57. The van der Waals surface area contributed by atoms with Gasteiger partial charge in [-0.3, -0.25) is 0 Å². The molecule has 1 heterocycles. The number of nitrogens with zero attached hydrogens (tertiary/aromatic N) is 1. The lowest BCUT2D eigenvalue weighted by Crippen LogP contribution is -2.16. The summed E-state index contributed by atoms with van der Waals surface area (Å²) in [6.45, 7) is 2.08. The van der Waals surface area contributed by atoms with Crippen molar-refractivity contribution in [2.75, 3.05) is 6.61 Å². The van der Waals surface area contributed by atoms with Gasteiger partial charge in [0, 0.05) is 17.6 Å². The molecule has 2 N–H and O–H groups in total. The molecule has 4 nitrogen and oxygen atoms in total. The Hall–Kier alpha value is -2.30. The smallest absolute Gasteiger partial charge is 0.334 e. The third kappa shape index (κ3) is 3.86. The Kier molecular flexibility index (Phi) is 5.11. The molecule has 0 radical (unpaired) electrons. The molecule has 0 fully saturated rings. The number of rotatable bonds is 3. The fourth-order valence-corrected chi connectivity index (χ4v) is 2.91. The lowest BCUT2D eigenvalue weighted by Gasteiger charge is -2.07. The molecule has 2 aromatic rings. The first-order valence-electron chi connectivity index (χ1n) is 7.78. The summed E-state index contributed by atoms with van der Waals surface area (Å²) in [6.07, 6.45) is 2.04. The molecule has 0 bridgehead atoms. The van der Waals surface area contributed by atoms with Crippen molar-refractivity contribution in [3.8, 4) is 11.1 Å². The number of halogens is 2. The van der Waals surface area contributed by atoms with Gasteiger partial charge in [0.05, 0.1) is 22.3 Å². The van der Waals surface area contributed by atoms with Crippen LogP contribution in [0.3, 0.4) is 0 Å². The molecule has 0 spiro atoms. The fraction of sp³-hybridized carbons (Fsp3) is 0.158. The van der Waals surface area contributed by atoms with Crippen LogP contribution in [0.5, 0.6) is 0 Å². The van der Waals surface area contributed by atoms with E-state index in [1.54, 1.807) is 25.1 Å². The highest BCUT2D eigenvalue weighted by Gasteiger charge is 2.17. The van der Waals surface area contributed by atoms with Crippen LogP contribution in [0.4, 0.5) is 5.69 Å². The highest BCUT2D eigenvalue weighted by atomic mass is 35.5. The average molecular weight is 375 g/mol. The monoisotopic (exact) mass is 374 g/mol. The van der Waals surface area contributed by atoms with E-state index in [9.17, 15) is 4.79 Å². The minimum atomic E-state index is -0.381. The van der Waals surface area contributed by atoms with Crippen molar-refractivity contribution in [2.45, 2.75) is 13.3 Å². The number of aliphatic imine (C=N–C) groups is 1. The zero-order valence-corrected chi connectivity index (χ0v) is 15.1. The lowest BCUT2D eigenvalue weighted by atomic mass is 10.0. The number of hydrogen-bond donors (Lipinski definition) is 1. The van der Waals surface area contributed by atoms with Gasteiger partial charge in [0.1, 0.15) is 5.84 Å². The molecule has 0 aliphatic carbocycles. The molecule has 2 aromatic carbocycles. The van der Waals surface area contributed by atoms with E-state index in [1.165, 1.54) is 0 Å². The minimum absolute atomic E-state index is 0.260. The maximum atomic E-state index is 12.1. The largest absolute Gasteiger partial charge is 0.463 e. The van der Waals surface area contributed by atoms with Gasteiger partial charge < -0.3 is 10.5 Å². The topological polar surface area (TPSA) is 64.7 Å². The molecule has 128 valence electrons. The molecule has 0 saturated carbocycles. The van der Waals surface area contributed by atoms with Gasteiger partial charge in [-0.1, -0.05) is 35.3 Å². The first kappa shape index (κ1) is 17.5. The Balaban J connectivity index is 2.07. The van der Waals surface area contributed by atoms with E-state index in [0.717, 1.165) is 16.7 Å². The molecule has 0 atom stereocenters. The molecule has 0 aromatic heterocycles. The number of amidine groups is 1. The SMILES string of the molecule is CCOC(=O)C1=Cc2cc(-c3ccc(Cl)c(Cl)c3)ccc2N=C(N)C1. The first-order chi connectivity index (χ1) is 12.0. The molecule has 0 amide bonds. The number of carbonyl (C=O) groups excluding carboxylic acids is 1. The van der Waals surface area contributed by atoms with Gasteiger partial charge in [-0.2, -0.15) is 0 Å². The van der Waals surface area contributed by atoms with Crippen molar-refractivity contribution in [1.82, 2.24) is 0 Å². The summed E-state index contributed by atoms with van der Waals surface area (Å²) in [5, 5.41) is 0.987. The number of nitrogens with two attached hydrogens (primary N) is 1. The van der Waals surface area contributed by atoms with E-state index >= 15 is 0 Å². The van der Waals surface area contributed by atoms with Crippen LogP contribution in [0.25, 0.3) is 17.2 Å². The molecule has 1 aliphatic rings. The van der Waals surface area contributed by atoms with Crippen LogP contribution in [0.15, 0.2) is 47.0 Å². The Labute approximate surface area is 155 Å². The van der Waals surface area contributed by atoms with Crippen molar-refractivity contribution in [3.05, 3.63) is 57.6 Å². The summed E-state index contributed by atoms with van der Waals surface area (Å²) in [6, 6.07) is 11.2. The van der Waals surface area contributed by atoms with Gasteiger partial charge in [0.25, 0.3) is 0 Å². The van der Waals surface area contributed by atoms with E-state index in [0.29, 0.717) is 33.7 Å². The van der Waals surface area contributed by atoms with Crippen LogP contribution in [0.2, 0.25) is 10.0 Å². The van der Waals surface area contributed by atoms with Crippen molar-refractivity contribution < 1.29 is 9.53 Å². The van der Waals surface area contributed by atoms with E-state index in [2.05, 4.69) is 4.99 Å². The maximum Gasteiger partial charge on any atom is 0.334 e. The highest BCUT2D eigenvalue weighted by Crippen LogP contribution is 2.33. The third-order valence-electron chi connectivity index (χ3n) is 3.78. The maximum absolute atomic E-state index is 12.1. The van der Waals surface area contributed by atoms with Crippen LogP contribution >= 0.6 is 23.2 Å². The summed E-state index contributed by atoms with van der Waals surface area (Å²) in [5.41, 5.74) is 9.77. The normalized spacial score (nSPS) is 13.4. The van der Waals surface area contributed by atoms with Gasteiger partial charge in [-0.05, 0) is 48.4 Å². The summed E-state index contributed by atoms with van der Waals surface area (Å²) in [5.74, 6) is -0.00576. The Morgan fingerprint density at radius 2 is 1.88 bits per heavy atom. The summed E-state index contributed by atoms with van der Waals surface area (Å²) >= 11 is 12.1. The second-order valence-corrected chi connectivity index (χ2v) is 6.39. The highest BCUT2D eigenvalue weighted by molar-refractivity contribution is 6.42. The number of carbonyl (C=O) groups is 1. The van der Waals surface area contributed by atoms with Crippen molar-refractivity contribution in [2.24, 2.45) is 10.7 Å². The van der Waals surface area contributed by atoms with Crippen LogP contribution in [-0.4, -0.2) is 18.4 Å². The summed E-state index contributed by atoms with van der Waals surface area (Å²) in [4.78, 5) is 16.5. The molecule has 3 rings (SSSR count). The number of esters is 1.